The van der Waals surface area contributed by atoms with Gasteiger partial charge in [-0.15, -0.1) is 0 Å². The largest absolute Gasteiger partial charge is 0.496 e. The van der Waals surface area contributed by atoms with E-state index < -0.39 is 0 Å². The molecule has 1 aliphatic heterocycles. The van der Waals surface area contributed by atoms with Crippen molar-refractivity contribution in [3.05, 3.63) is 30.0 Å². The fourth-order valence-electron chi connectivity index (χ4n) is 2.54. The van der Waals surface area contributed by atoms with E-state index in [4.69, 9.17) is 9.47 Å². The number of hydrogen-bond donors (Lipinski definition) is 2. The molecule has 0 amide bonds. The Morgan fingerprint density at radius 3 is 3.17 bits per heavy atom. The first-order valence-electron chi connectivity index (χ1n) is 6.35. The molecule has 1 saturated heterocycles. The Hall–Kier alpha value is -1.52. The number of aromatic nitrogens is 1. The molecule has 0 aliphatic carbocycles. The van der Waals surface area contributed by atoms with Crippen LogP contribution in [-0.4, -0.2) is 31.9 Å². The zero-order valence-electron chi connectivity index (χ0n) is 10.5. The molecule has 2 aromatic rings. The second kappa shape index (κ2) is 5.00. The number of ether oxygens (including phenoxy) is 2. The molecule has 1 aromatic carbocycles. The maximum absolute atomic E-state index is 5.63. The van der Waals surface area contributed by atoms with Crippen LogP contribution in [0.4, 0.5) is 0 Å². The van der Waals surface area contributed by atoms with Gasteiger partial charge in [0.05, 0.1) is 19.8 Å². The lowest BCUT2D eigenvalue weighted by molar-refractivity contribution is 0.131. The van der Waals surface area contributed by atoms with E-state index in [9.17, 15) is 0 Å². The van der Waals surface area contributed by atoms with Gasteiger partial charge in [0.1, 0.15) is 5.75 Å². The van der Waals surface area contributed by atoms with Gasteiger partial charge in [-0.25, -0.2) is 0 Å². The van der Waals surface area contributed by atoms with Gasteiger partial charge in [0, 0.05) is 29.3 Å². The van der Waals surface area contributed by atoms with E-state index in [0.29, 0.717) is 6.61 Å². The molecule has 2 N–H and O–H groups in total. The SMILES string of the molecule is COc1c(C2COCCCN2)ccc2[nH]ccc12. The lowest BCUT2D eigenvalue weighted by atomic mass is 10.0. The zero-order valence-corrected chi connectivity index (χ0v) is 10.5. The van der Waals surface area contributed by atoms with Crippen molar-refractivity contribution in [1.82, 2.24) is 10.3 Å². The maximum atomic E-state index is 5.63. The first kappa shape index (κ1) is 11.6. The van der Waals surface area contributed by atoms with Crippen LogP contribution >= 0.6 is 0 Å². The fourth-order valence-corrected chi connectivity index (χ4v) is 2.54. The second-order valence-electron chi connectivity index (χ2n) is 4.56. The number of benzene rings is 1. The van der Waals surface area contributed by atoms with Crippen LogP contribution in [0.2, 0.25) is 0 Å². The molecule has 1 fully saturated rings. The summed E-state index contributed by atoms with van der Waals surface area (Å²) in [5.41, 5.74) is 2.27. The van der Waals surface area contributed by atoms with Gasteiger partial charge in [0.15, 0.2) is 0 Å². The van der Waals surface area contributed by atoms with Crippen molar-refractivity contribution < 1.29 is 9.47 Å². The molecular formula is C14H18N2O2. The molecule has 0 bridgehead atoms. The summed E-state index contributed by atoms with van der Waals surface area (Å²) in [5.74, 6) is 0.941. The molecule has 96 valence electrons. The standard InChI is InChI=1S/C14H18N2O2/c1-17-14-10(13-9-18-8-2-6-15-13)3-4-12-11(14)5-7-16-12/h3-5,7,13,15-16H,2,6,8-9H2,1H3. The Balaban J connectivity index is 2.03. The third kappa shape index (κ3) is 1.98. The van der Waals surface area contributed by atoms with Gasteiger partial charge in [-0.1, -0.05) is 6.07 Å². The molecule has 3 rings (SSSR count). The normalized spacial score (nSPS) is 20.8. The van der Waals surface area contributed by atoms with Crippen molar-refractivity contribution in [2.75, 3.05) is 26.9 Å². The Labute approximate surface area is 106 Å². The van der Waals surface area contributed by atoms with E-state index in [1.807, 2.05) is 6.20 Å². The minimum atomic E-state index is 0.210. The second-order valence-corrected chi connectivity index (χ2v) is 4.56. The molecule has 0 spiro atoms. The lowest BCUT2D eigenvalue weighted by Crippen LogP contribution is -2.23. The van der Waals surface area contributed by atoms with Crippen molar-refractivity contribution in [2.24, 2.45) is 0 Å². The Morgan fingerprint density at radius 2 is 2.28 bits per heavy atom. The molecule has 0 radical (unpaired) electrons. The van der Waals surface area contributed by atoms with Crippen LogP contribution in [0.15, 0.2) is 24.4 Å². The summed E-state index contributed by atoms with van der Waals surface area (Å²) < 4.78 is 11.2. The highest BCUT2D eigenvalue weighted by molar-refractivity contribution is 5.87. The number of hydrogen-bond acceptors (Lipinski definition) is 3. The zero-order chi connectivity index (χ0) is 12.4. The van der Waals surface area contributed by atoms with Gasteiger partial charge < -0.3 is 19.8 Å². The van der Waals surface area contributed by atoms with E-state index in [1.54, 1.807) is 7.11 Å². The predicted molar refractivity (Wildman–Crippen MR) is 71.0 cm³/mol. The fraction of sp³-hybridized carbons (Fsp3) is 0.429. The van der Waals surface area contributed by atoms with Crippen molar-refractivity contribution in [1.29, 1.82) is 0 Å². The van der Waals surface area contributed by atoms with Gasteiger partial charge in [0.2, 0.25) is 0 Å². The van der Waals surface area contributed by atoms with E-state index in [0.717, 1.165) is 36.2 Å². The monoisotopic (exact) mass is 246 g/mol. The Bertz CT molecular complexity index is 528. The summed E-state index contributed by atoms with van der Waals surface area (Å²) in [6.07, 6.45) is 3.00. The van der Waals surface area contributed by atoms with E-state index in [1.165, 1.54) is 5.56 Å². The summed E-state index contributed by atoms with van der Waals surface area (Å²) in [7, 11) is 1.73. The third-order valence-electron chi connectivity index (χ3n) is 3.44. The van der Waals surface area contributed by atoms with Gasteiger partial charge in [-0.05, 0) is 25.1 Å². The van der Waals surface area contributed by atoms with Crippen LogP contribution < -0.4 is 10.1 Å². The molecule has 1 aliphatic rings. The van der Waals surface area contributed by atoms with E-state index >= 15 is 0 Å². The summed E-state index contributed by atoms with van der Waals surface area (Å²) in [6.45, 7) is 2.52. The van der Waals surface area contributed by atoms with Crippen LogP contribution in [0.3, 0.4) is 0 Å². The molecule has 4 nitrogen and oxygen atoms in total. The summed E-state index contributed by atoms with van der Waals surface area (Å²) >= 11 is 0. The van der Waals surface area contributed by atoms with Gasteiger partial charge >= 0.3 is 0 Å². The average molecular weight is 246 g/mol. The molecule has 4 heteroatoms. The quantitative estimate of drug-likeness (QED) is 0.854. The summed E-state index contributed by atoms with van der Waals surface area (Å²) in [6, 6.07) is 6.47. The topological polar surface area (TPSA) is 46.3 Å². The highest BCUT2D eigenvalue weighted by atomic mass is 16.5. The molecule has 2 heterocycles. The van der Waals surface area contributed by atoms with Crippen molar-refractivity contribution in [2.45, 2.75) is 12.5 Å². The first-order chi connectivity index (χ1) is 8.90. The van der Waals surface area contributed by atoms with Crippen LogP contribution in [0, 0.1) is 0 Å². The maximum Gasteiger partial charge on any atom is 0.133 e. The van der Waals surface area contributed by atoms with E-state index in [2.05, 4.69) is 28.5 Å². The number of methoxy groups -OCH3 is 1. The molecular weight excluding hydrogens is 228 g/mol. The average Bonchev–Trinajstić information content (AvgIpc) is 2.71. The highest BCUT2D eigenvalue weighted by Gasteiger charge is 2.19. The van der Waals surface area contributed by atoms with Crippen LogP contribution in [0.25, 0.3) is 10.9 Å². The number of nitrogens with one attached hydrogen (secondary N) is 2. The Morgan fingerprint density at radius 1 is 1.33 bits per heavy atom. The third-order valence-corrected chi connectivity index (χ3v) is 3.44. The van der Waals surface area contributed by atoms with Crippen LogP contribution in [0.1, 0.15) is 18.0 Å². The van der Waals surface area contributed by atoms with Crippen LogP contribution in [0.5, 0.6) is 5.75 Å². The van der Waals surface area contributed by atoms with Gasteiger partial charge in [-0.3, -0.25) is 0 Å². The molecule has 1 unspecified atom stereocenters. The summed E-state index contributed by atoms with van der Waals surface area (Å²) in [5, 5.41) is 4.64. The minimum absolute atomic E-state index is 0.210. The van der Waals surface area contributed by atoms with Crippen molar-refractivity contribution >= 4 is 10.9 Å². The molecule has 1 aromatic heterocycles. The first-order valence-corrected chi connectivity index (χ1v) is 6.35. The van der Waals surface area contributed by atoms with E-state index in [-0.39, 0.29) is 6.04 Å². The number of rotatable bonds is 2. The molecule has 0 saturated carbocycles. The molecule has 18 heavy (non-hydrogen) atoms. The van der Waals surface area contributed by atoms with Gasteiger partial charge in [0.25, 0.3) is 0 Å². The number of H-pyrrole nitrogens is 1. The minimum Gasteiger partial charge on any atom is -0.496 e. The van der Waals surface area contributed by atoms with Crippen molar-refractivity contribution in [3.8, 4) is 5.75 Å². The number of aromatic amines is 1. The predicted octanol–water partition coefficient (Wildman–Crippen LogP) is 2.23. The smallest absolute Gasteiger partial charge is 0.133 e. The Kier molecular flexibility index (Phi) is 3.21. The summed E-state index contributed by atoms with van der Waals surface area (Å²) in [4.78, 5) is 3.21. The highest BCUT2D eigenvalue weighted by Crippen LogP contribution is 2.33. The molecule has 1 atom stereocenters. The lowest BCUT2D eigenvalue weighted by Gasteiger charge is -2.19. The van der Waals surface area contributed by atoms with Crippen molar-refractivity contribution in [3.63, 3.8) is 0 Å². The van der Waals surface area contributed by atoms with Gasteiger partial charge in [-0.2, -0.15) is 0 Å². The number of fused-ring (bicyclic) bond motifs is 1. The van der Waals surface area contributed by atoms with Crippen LogP contribution in [-0.2, 0) is 4.74 Å².